The number of aromatic nitrogens is 2. The molecule has 2 aromatic carbocycles. The molecule has 2 heterocycles. The van der Waals surface area contributed by atoms with Gasteiger partial charge in [0.2, 0.25) is 0 Å². The van der Waals surface area contributed by atoms with Crippen LogP contribution in [0.25, 0.3) is 10.9 Å². The number of carbonyl (C=O) groups is 1. The minimum atomic E-state index is -0.588. The summed E-state index contributed by atoms with van der Waals surface area (Å²) in [4.78, 5) is 20.6. The summed E-state index contributed by atoms with van der Waals surface area (Å²) in [6.45, 7) is 0.860. The van der Waals surface area contributed by atoms with Crippen LogP contribution in [0.4, 0.5) is 15.9 Å². The van der Waals surface area contributed by atoms with Crippen molar-refractivity contribution in [3.63, 3.8) is 0 Å². The molecule has 3 atom stereocenters. The largest absolute Gasteiger partial charge is 0.493 e. The summed E-state index contributed by atoms with van der Waals surface area (Å²) in [5.74, 6) is 2.88. The first-order valence-corrected chi connectivity index (χ1v) is 10.9. The molecule has 1 unspecified atom stereocenters. The average molecular weight is 485 g/mol. The second-order valence-electron chi connectivity index (χ2n) is 8.39. The maximum atomic E-state index is 14.5. The molecule has 3 N–H and O–H groups in total. The number of anilines is 2. The Bertz CT molecular complexity index is 1300. The number of nitrogens with two attached hydrogens (primary N) is 1. The van der Waals surface area contributed by atoms with E-state index in [1.165, 1.54) is 19.5 Å². The van der Waals surface area contributed by atoms with Crippen LogP contribution in [0.15, 0.2) is 36.7 Å². The first-order valence-electron chi connectivity index (χ1n) is 10.5. The van der Waals surface area contributed by atoms with Crippen molar-refractivity contribution in [1.29, 1.82) is 0 Å². The Morgan fingerprint density at radius 1 is 1.38 bits per heavy atom. The van der Waals surface area contributed by atoms with E-state index in [0.29, 0.717) is 52.2 Å². The number of primary amides is 1. The van der Waals surface area contributed by atoms with Crippen LogP contribution in [0, 0.1) is 18.2 Å². The summed E-state index contributed by atoms with van der Waals surface area (Å²) in [7, 11) is 3.42. The van der Waals surface area contributed by atoms with Crippen LogP contribution < -0.4 is 20.5 Å². The highest BCUT2D eigenvalue weighted by Crippen LogP contribution is 2.38. The van der Waals surface area contributed by atoms with Gasteiger partial charge in [-0.3, -0.25) is 4.79 Å². The van der Waals surface area contributed by atoms with Gasteiger partial charge in [0.05, 0.1) is 36.8 Å². The fourth-order valence-corrected chi connectivity index (χ4v) is 4.56. The second-order valence-corrected chi connectivity index (χ2v) is 8.79. The number of ether oxygens (including phenoxy) is 2. The van der Waals surface area contributed by atoms with Crippen LogP contribution in [0.5, 0.6) is 11.5 Å². The predicted octanol–water partition coefficient (Wildman–Crippen LogP) is 3.26. The maximum absolute atomic E-state index is 14.5. The van der Waals surface area contributed by atoms with Crippen molar-refractivity contribution in [2.45, 2.75) is 18.6 Å². The number of amides is 1. The van der Waals surface area contributed by atoms with E-state index in [0.717, 1.165) is 0 Å². The number of likely N-dealkylation sites (tertiary alicyclic amines) is 1. The molecule has 1 aliphatic rings. The number of hydrogen-bond donors (Lipinski definition) is 2. The third-order valence-electron chi connectivity index (χ3n) is 6.06. The molecule has 1 amide bonds. The van der Waals surface area contributed by atoms with Crippen LogP contribution in [0.1, 0.15) is 6.42 Å². The highest BCUT2D eigenvalue weighted by Gasteiger charge is 2.48. The number of benzene rings is 2. The molecular weight excluding hydrogens is 461 g/mol. The molecule has 1 aromatic heterocycles. The molecule has 0 saturated carbocycles. The molecule has 1 saturated heterocycles. The van der Waals surface area contributed by atoms with Crippen LogP contribution in [-0.2, 0) is 4.79 Å². The number of methoxy groups -OCH3 is 1. The van der Waals surface area contributed by atoms with Gasteiger partial charge in [0.1, 0.15) is 25.2 Å². The number of hydrogen-bond acceptors (Lipinski definition) is 6. The zero-order valence-electron chi connectivity index (χ0n) is 18.7. The number of quaternary nitrogens is 1. The monoisotopic (exact) mass is 484 g/mol. The molecule has 0 bridgehead atoms. The zero-order valence-corrected chi connectivity index (χ0v) is 19.5. The number of likely N-dealkylation sites (N-methyl/N-ethyl adjacent to an activating group) is 1. The van der Waals surface area contributed by atoms with Gasteiger partial charge in [-0.2, -0.15) is 0 Å². The number of nitrogens with zero attached hydrogens (tertiary/aromatic N) is 3. The van der Waals surface area contributed by atoms with E-state index in [2.05, 4.69) is 21.2 Å². The van der Waals surface area contributed by atoms with Gasteiger partial charge in [-0.1, -0.05) is 17.7 Å². The Hall–Kier alpha value is -3.61. The van der Waals surface area contributed by atoms with E-state index in [1.54, 1.807) is 24.3 Å². The Kier molecular flexibility index (Phi) is 6.46. The third kappa shape index (κ3) is 4.42. The highest BCUT2D eigenvalue weighted by molar-refractivity contribution is 6.31. The normalized spacial score (nSPS) is 21.7. The number of rotatable bonds is 7. The fourth-order valence-electron chi connectivity index (χ4n) is 4.39. The van der Waals surface area contributed by atoms with E-state index in [-0.39, 0.29) is 16.8 Å². The number of nitrogens with one attached hydrogen (secondary N) is 1. The first-order chi connectivity index (χ1) is 16.3. The van der Waals surface area contributed by atoms with Gasteiger partial charge in [-0.25, -0.2) is 14.4 Å². The third-order valence-corrected chi connectivity index (χ3v) is 6.35. The van der Waals surface area contributed by atoms with Crippen molar-refractivity contribution in [2.24, 2.45) is 5.73 Å². The van der Waals surface area contributed by atoms with Gasteiger partial charge in [-0.05, 0) is 24.1 Å². The molecule has 4 rings (SSSR count). The molecule has 3 aromatic rings. The predicted molar refractivity (Wildman–Crippen MR) is 128 cm³/mol. The summed E-state index contributed by atoms with van der Waals surface area (Å²) in [6, 6.07) is 7.63. The first kappa shape index (κ1) is 23.5. The van der Waals surface area contributed by atoms with E-state index in [4.69, 9.17) is 33.2 Å². The summed E-state index contributed by atoms with van der Waals surface area (Å²) in [5.41, 5.74) is 6.38. The zero-order chi connectivity index (χ0) is 24.5. The Morgan fingerprint density at radius 2 is 2.18 bits per heavy atom. The van der Waals surface area contributed by atoms with Gasteiger partial charge in [0.25, 0.3) is 5.91 Å². The van der Waals surface area contributed by atoms with Crippen LogP contribution in [0.2, 0.25) is 5.02 Å². The molecule has 1 fully saturated rings. The van der Waals surface area contributed by atoms with Crippen molar-refractivity contribution in [3.05, 3.63) is 47.5 Å². The second kappa shape index (κ2) is 9.33. The minimum absolute atomic E-state index is 0.00700. The fraction of sp³-hybridized carbons (Fsp3) is 0.292. The molecule has 0 spiro atoms. The smallest absolute Gasteiger partial charge is 0.275 e. The lowest BCUT2D eigenvalue weighted by molar-refractivity contribution is -0.906. The number of halogens is 2. The van der Waals surface area contributed by atoms with Crippen LogP contribution in [-0.4, -0.2) is 59.8 Å². The lowest BCUT2D eigenvalue weighted by atomic mass is 10.1. The molecule has 34 heavy (non-hydrogen) atoms. The lowest BCUT2D eigenvalue weighted by Gasteiger charge is -2.32. The van der Waals surface area contributed by atoms with Gasteiger partial charge >= 0.3 is 0 Å². The van der Waals surface area contributed by atoms with E-state index in [1.807, 2.05) is 7.05 Å². The van der Waals surface area contributed by atoms with Gasteiger partial charge < -0.3 is 25.0 Å². The van der Waals surface area contributed by atoms with Crippen LogP contribution in [0.3, 0.4) is 0 Å². The van der Waals surface area contributed by atoms with Gasteiger partial charge in [0, 0.05) is 11.5 Å². The van der Waals surface area contributed by atoms with Gasteiger partial charge in [-0.15, -0.1) is 6.42 Å². The van der Waals surface area contributed by atoms with E-state index in [9.17, 15) is 9.18 Å². The Morgan fingerprint density at radius 3 is 2.88 bits per heavy atom. The minimum Gasteiger partial charge on any atom is -0.493 e. The summed E-state index contributed by atoms with van der Waals surface area (Å²) in [5, 5.41) is 3.55. The van der Waals surface area contributed by atoms with Gasteiger partial charge in [0.15, 0.2) is 29.5 Å². The summed E-state index contributed by atoms with van der Waals surface area (Å²) >= 11 is 5.91. The SMILES string of the molecule is C#CC[N+]1(C)C[C@H](Oc2cc3c(Nc4cccc(Cl)c4F)ncnc3cc2OC)C[C@H]1C(N)=O. The highest BCUT2D eigenvalue weighted by atomic mass is 35.5. The molecule has 1 aliphatic heterocycles. The number of carbonyl (C=O) groups excluding carboxylic acids is 1. The molecule has 0 aliphatic carbocycles. The van der Waals surface area contributed by atoms with E-state index >= 15 is 0 Å². The standard InChI is InChI=1S/C24H23ClFN5O3/c1-4-8-31(2)12-14(9-19(31)23(27)32)34-21-10-15-18(11-20(21)33-3)28-13-29-24(15)30-17-7-5-6-16(25)22(17)26/h1,5-7,10-11,13-14,19H,8-9,12H2,2-3H3,(H2-,27,28,29,30,32)/p+1/t14-,19+,31?/m1/s1. The van der Waals surface area contributed by atoms with E-state index < -0.39 is 17.8 Å². The molecular formula is C24H24ClFN5O3+. The molecule has 10 heteroatoms. The van der Waals surface area contributed by atoms with Crippen molar-refractivity contribution >= 4 is 39.9 Å². The lowest BCUT2D eigenvalue weighted by Crippen LogP contribution is -2.54. The summed E-state index contributed by atoms with van der Waals surface area (Å²) in [6.07, 6.45) is 6.98. The van der Waals surface area contributed by atoms with Crippen molar-refractivity contribution in [3.8, 4) is 23.8 Å². The number of terminal acetylenes is 1. The number of fused-ring (bicyclic) bond motifs is 1. The maximum Gasteiger partial charge on any atom is 0.275 e. The summed E-state index contributed by atoms with van der Waals surface area (Å²) < 4.78 is 26.6. The van der Waals surface area contributed by atoms with Crippen LogP contribution >= 0.6 is 11.6 Å². The van der Waals surface area contributed by atoms with Crippen molar-refractivity contribution in [2.75, 3.05) is 32.6 Å². The quantitative estimate of drug-likeness (QED) is 0.394. The van der Waals surface area contributed by atoms with Crippen molar-refractivity contribution < 1.29 is 23.1 Å². The molecule has 8 nitrogen and oxygen atoms in total. The van der Waals surface area contributed by atoms with Crippen molar-refractivity contribution in [1.82, 2.24) is 9.97 Å². The topological polar surface area (TPSA) is 99.4 Å². The average Bonchev–Trinajstić information content (AvgIpc) is 3.13. The molecule has 0 radical (unpaired) electrons. The Labute approximate surface area is 201 Å². The Balaban J connectivity index is 1.69. The molecule has 176 valence electrons.